The Kier molecular flexibility index (Phi) is 12.5. The summed E-state index contributed by atoms with van der Waals surface area (Å²) in [5.74, 6) is 2.73. The van der Waals surface area contributed by atoms with Crippen LogP contribution in [-0.4, -0.2) is 103 Å². The van der Waals surface area contributed by atoms with Gasteiger partial charge in [0.25, 0.3) is 0 Å². The van der Waals surface area contributed by atoms with E-state index < -0.39 is 0 Å². The van der Waals surface area contributed by atoms with Crippen molar-refractivity contribution in [3.8, 4) is 45.3 Å². The molecular formula is C37H42N6O7S2. The zero-order chi connectivity index (χ0) is 36.5. The highest BCUT2D eigenvalue weighted by Gasteiger charge is 2.18. The second kappa shape index (κ2) is 17.6. The van der Waals surface area contributed by atoms with Crippen molar-refractivity contribution >= 4 is 55.1 Å². The monoisotopic (exact) mass is 746 g/mol. The second-order valence-corrected chi connectivity index (χ2v) is 13.3. The highest BCUT2D eigenvalue weighted by molar-refractivity contribution is 7.12. The first-order chi connectivity index (χ1) is 25.5. The maximum atomic E-state index is 9.24. The third-order valence-electron chi connectivity index (χ3n) is 8.64. The molecule has 1 aliphatic rings. The number of aromatic nitrogens is 4. The van der Waals surface area contributed by atoms with Crippen LogP contribution in [0, 0.1) is 0 Å². The van der Waals surface area contributed by atoms with Crippen LogP contribution in [0.2, 0.25) is 0 Å². The molecule has 15 heteroatoms. The Morgan fingerprint density at radius 3 is 1.75 bits per heavy atom. The van der Waals surface area contributed by atoms with Crippen molar-refractivity contribution in [2.24, 2.45) is 0 Å². The molecule has 2 aromatic carbocycles. The zero-order valence-electron chi connectivity index (χ0n) is 29.5. The second-order valence-electron chi connectivity index (χ2n) is 11.8. The standard InChI is InChI=1S/C19H21N3O3S.C18H21N3O4S/c1-23-16-4-3-12(10-17(16)24-2)13-9-15-18(20-11-13)19(26-22-15)21-14-5-7-25-8-6-14;1-24-15-4-3-12(10-16(15)25-2)13-9-14-17(19-11-13)18(26-20-14)21(5-7-22)6-8-23/h3-4,9-11,14,21H,5-8H2,1-2H3;3-4,9-11,22-23H,5-8H2,1-2H3. The number of methoxy groups -OCH3 is 4. The van der Waals surface area contributed by atoms with Crippen molar-refractivity contribution in [1.29, 1.82) is 0 Å². The number of benzene rings is 2. The summed E-state index contributed by atoms with van der Waals surface area (Å²) in [6.45, 7) is 2.48. The van der Waals surface area contributed by atoms with E-state index in [-0.39, 0.29) is 13.2 Å². The minimum atomic E-state index is 0.00310. The zero-order valence-corrected chi connectivity index (χ0v) is 31.1. The maximum absolute atomic E-state index is 9.24. The van der Waals surface area contributed by atoms with Gasteiger partial charge in [0.1, 0.15) is 32.1 Å². The highest BCUT2D eigenvalue weighted by atomic mass is 32.1. The molecule has 0 unspecified atom stereocenters. The number of hydrogen-bond donors (Lipinski definition) is 3. The van der Waals surface area contributed by atoms with Crippen LogP contribution in [0.5, 0.6) is 23.0 Å². The number of rotatable bonds is 13. The lowest BCUT2D eigenvalue weighted by molar-refractivity contribution is 0.0905. The normalized spacial score (nSPS) is 13.0. The average Bonchev–Trinajstić information content (AvgIpc) is 3.81. The van der Waals surface area contributed by atoms with Crippen molar-refractivity contribution in [2.45, 2.75) is 18.9 Å². The van der Waals surface area contributed by atoms with E-state index in [9.17, 15) is 10.2 Å². The first-order valence-electron chi connectivity index (χ1n) is 16.8. The summed E-state index contributed by atoms with van der Waals surface area (Å²) in [6.07, 6.45) is 5.71. The fourth-order valence-corrected chi connectivity index (χ4v) is 7.55. The van der Waals surface area contributed by atoms with Crippen LogP contribution in [0.4, 0.5) is 10.0 Å². The Morgan fingerprint density at radius 2 is 1.21 bits per heavy atom. The summed E-state index contributed by atoms with van der Waals surface area (Å²) in [5.41, 5.74) is 7.26. The molecule has 0 radical (unpaired) electrons. The topological polar surface area (TPSA) is 153 Å². The largest absolute Gasteiger partial charge is 0.493 e. The fourth-order valence-electron chi connectivity index (χ4n) is 5.89. The van der Waals surface area contributed by atoms with Crippen molar-refractivity contribution in [2.75, 3.05) is 78.2 Å². The first-order valence-corrected chi connectivity index (χ1v) is 18.3. The van der Waals surface area contributed by atoms with Crippen LogP contribution in [0.25, 0.3) is 44.3 Å². The maximum Gasteiger partial charge on any atom is 0.161 e. The van der Waals surface area contributed by atoms with Gasteiger partial charge >= 0.3 is 0 Å². The number of nitrogens with one attached hydrogen (secondary N) is 1. The van der Waals surface area contributed by atoms with E-state index in [2.05, 4.69) is 30.1 Å². The fraction of sp³-hybridized carbons (Fsp3) is 0.351. The summed E-state index contributed by atoms with van der Waals surface area (Å²) in [6, 6.07) is 16.0. The van der Waals surface area contributed by atoms with Crippen molar-refractivity contribution < 1.29 is 33.9 Å². The summed E-state index contributed by atoms with van der Waals surface area (Å²) in [4.78, 5) is 11.1. The Hall–Kier alpha value is -4.80. The Bertz CT molecular complexity index is 2080. The van der Waals surface area contributed by atoms with Crippen LogP contribution in [-0.2, 0) is 4.74 Å². The lowest BCUT2D eigenvalue weighted by Crippen LogP contribution is -2.29. The van der Waals surface area contributed by atoms with Gasteiger partial charge in [0.2, 0.25) is 0 Å². The third-order valence-corrected chi connectivity index (χ3v) is 10.3. The molecule has 5 heterocycles. The van der Waals surface area contributed by atoms with Crippen LogP contribution >= 0.6 is 23.1 Å². The number of aliphatic hydroxyl groups is 2. The van der Waals surface area contributed by atoms with Gasteiger partial charge in [0.05, 0.1) is 41.7 Å². The number of aliphatic hydroxyl groups excluding tert-OH is 2. The Balaban J connectivity index is 0.000000179. The number of nitrogens with zero attached hydrogens (tertiary/aromatic N) is 5. The molecule has 6 aromatic rings. The molecular weight excluding hydrogens is 705 g/mol. The molecule has 0 aliphatic carbocycles. The molecule has 0 spiro atoms. The lowest BCUT2D eigenvalue weighted by atomic mass is 10.1. The van der Waals surface area contributed by atoms with E-state index in [1.807, 2.05) is 53.6 Å². The van der Waals surface area contributed by atoms with Crippen molar-refractivity contribution in [3.05, 3.63) is 60.9 Å². The van der Waals surface area contributed by atoms with Gasteiger partial charge in [-0.25, -0.2) is 0 Å². The summed E-state index contributed by atoms with van der Waals surface area (Å²) >= 11 is 2.78. The van der Waals surface area contributed by atoms with Gasteiger partial charge in [0, 0.05) is 55.9 Å². The van der Waals surface area contributed by atoms with Crippen LogP contribution in [0.15, 0.2) is 60.9 Å². The van der Waals surface area contributed by atoms with E-state index in [1.54, 1.807) is 34.6 Å². The van der Waals surface area contributed by atoms with E-state index in [0.29, 0.717) is 42.1 Å². The number of fused-ring (bicyclic) bond motifs is 2. The van der Waals surface area contributed by atoms with Gasteiger partial charge in [0.15, 0.2) is 23.0 Å². The molecule has 0 atom stereocenters. The average molecular weight is 747 g/mol. The summed E-state index contributed by atoms with van der Waals surface area (Å²) < 4.78 is 35.8. The SMILES string of the molecule is COc1ccc(-c2cnc3c(N(CCO)CCO)snc3c2)cc1OC.COc1ccc(-c2cnc3c(NC4CCOCC4)snc3c2)cc1OC. The molecule has 274 valence electrons. The summed E-state index contributed by atoms with van der Waals surface area (Å²) in [5, 5.41) is 23.9. The number of pyridine rings is 2. The number of hydrogen-bond acceptors (Lipinski definition) is 15. The lowest BCUT2D eigenvalue weighted by Gasteiger charge is -2.23. The van der Waals surface area contributed by atoms with Gasteiger partial charge in [-0.1, -0.05) is 12.1 Å². The number of ether oxygens (including phenoxy) is 5. The van der Waals surface area contributed by atoms with Crippen molar-refractivity contribution in [1.82, 2.24) is 18.7 Å². The molecule has 1 aliphatic heterocycles. The van der Waals surface area contributed by atoms with Crippen LogP contribution in [0.1, 0.15) is 12.8 Å². The number of anilines is 2. The van der Waals surface area contributed by atoms with Crippen molar-refractivity contribution in [3.63, 3.8) is 0 Å². The van der Waals surface area contributed by atoms with Gasteiger partial charge in [-0.05, 0) is 83.4 Å². The van der Waals surface area contributed by atoms with Gasteiger partial charge in [-0.3, -0.25) is 9.97 Å². The predicted octanol–water partition coefficient (Wildman–Crippen LogP) is 6.13. The van der Waals surface area contributed by atoms with E-state index in [0.717, 1.165) is 80.4 Å². The Morgan fingerprint density at radius 1 is 0.692 bits per heavy atom. The highest BCUT2D eigenvalue weighted by Crippen LogP contribution is 2.37. The molecule has 0 bridgehead atoms. The Labute approximate surface area is 310 Å². The third kappa shape index (κ3) is 8.29. The predicted molar refractivity (Wildman–Crippen MR) is 206 cm³/mol. The molecule has 1 saturated heterocycles. The quantitative estimate of drug-likeness (QED) is 0.124. The van der Waals surface area contributed by atoms with Gasteiger partial charge < -0.3 is 44.1 Å². The summed E-state index contributed by atoms with van der Waals surface area (Å²) in [7, 11) is 6.48. The van der Waals surface area contributed by atoms with Gasteiger partial charge in [-0.2, -0.15) is 8.75 Å². The smallest absolute Gasteiger partial charge is 0.161 e. The van der Waals surface area contributed by atoms with Crippen LogP contribution < -0.4 is 29.2 Å². The molecule has 52 heavy (non-hydrogen) atoms. The van der Waals surface area contributed by atoms with E-state index >= 15 is 0 Å². The molecule has 1 fully saturated rings. The molecule has 13 nitrogen and oxygen atoms in total. The van der Waals surface area contributed by atoms with E-state index in [1.165, 1.54) is 23.1 Å². The van der Waals surface area contributed by atoms with Gasteiger partial charge in [-0.15, -0.1) is 0 Å². The first kappa shape index (κ1) is 37.0. The van der Waals surface area contributed by atoms with E-state index in [4.69, 9.17) is 23.7 Å². The molecule has 7 rings (SSSR count). The molecule has 3 N–H and O–H groups in total. The minimum absolute atomic E-state index is 0.00310. The van der Waals surface area contributed by atoms with Crippen LogP contribution in [0.3, 0.4) is 0 Å². The minimum Gasteiger partial charge on any atom is -0.493 e. The molecule has 4 aromatic heterocycles. The molecule has 0 amide bonds. The molecule has 0 saturated carbocycles.